The van der Waals surface area contributed by atoms with Gasteiger partial charge in [-0.2, -0.15) is 0 Å². The topological polar surface area (TPSA) is 81.7 Å². The van der Waals surface area contributed by atoms with Gasteiger partial charge in [-0.1, -0.05) is 18.2 Å². The van der Waals surface area contributed by atoms with Gasteiger partial charge in [-0.25, -0.2) is 4.39 Å². The summed E-state index contributed by atoms with van der Waals surface area (Å²) in [5.41, 5.74) is 1.42. The van der Waals surface area contributed by atoms with E-state index >= 15 is 0 Å². The molecule has 9 heteroatoms. The van der Waals surface area contributed by atoms with Gasteiger partial charge in [-0.3, -0.25) is 15.1 Å². The molecule has 0 aliphatic carbocycles. The molecule has 0 spiro atoms. The van der Waals surface area contributed by atoms with Crippen molar-refractivity contribution in [1.82, 2.24) is 10.3 Å². The van der Waals surface area contributed by atoms with Crippen LogP contribution in [0.4, 0.5) is 10.1 Å². The lowest BCUT2D eigenvalue weighted by molar-refractivity contribution is 0.0977. The second kappa shape index (κ2) is 10.1. The van der Waals surface area contributed by atoms with Crippen molar-refractivity contribution in [2.75, 3.05) is 19.5 Å². The van der Waals surface area contributed by atoms with Gasteiger partial charge in [0.2, 0.25) is 0 Å². The Kier molecular flexibility index (Phi) is 6.84. The van der Waals surface area contributed by atoms with Crippen LogP contribution in [0, 0.1) is 5.82 Å². The fourth-order valence-corrected chi connectivity index (χ4v) is 3.45. The third kappa shape index (κ3) is 5.05. The van der Waals surface area contributed by atoms with E-state index in [-0.39, 0.29) is 16.8 Å². The molecule has 172 valence electrons. The number of thiocarbonyl (C=S) groups is 1. The highest BCUT2D eigenvalue weighted by Crippen LogP contribution is 2.37. The molecule has 3 aromatic carbocycles. The van der Waals surface area contributed by atoms with E-state index in [1.807, 2.05) is 6.07 Å². The first-order chi connectivity index (χ1) is 16.5. The minimum atomic E-state index is -0.618. The lowest BCUT2D eigenvalue weighted by Crippen LogP contribution is -2.34. The van der Waals surface area contributed by atoms with Gasteiger partial charge in [-0.05, 0) is 48.6 Å². The maximum absolute atomic E-state index is 14.8. The molecule has 0 aliphatic heterocycles. The molecule has 0 aliphatic rings. The van der Waals surface area contributed by atoms with Gasteiger partial charge in [-0.15, -0.1) is 0 Å². The van der Waals surface area contributed by atoms with E-state index in [0.717, 1.165) is 0 Å². The Morgan fingerprint density at radius 3 is 2.35 bits per heavy atom. The summed E-state index contributed by atoms with van der Waals surface area (Å²) in [5.74, 6) is 0.446. The van der Waals surface area contributed by atoms with Gasteiger partial charge in [0.15, 0.2) is 28.2 Å². The number of anilines is 1. The molecule has 0 unspecified atom stereocenters. The number of nitrogens with zero attached hydrogens (tertiary/aromatic N) is 1. The largest absolute Gasteiger partial charge is 0.493 e. The summed E-state index contributed by atoms with van der Waals surface area (Å²) in [6.45, 7) is 0. The molecule has 0 atom stereocenters. The summed E-state index contributed by atoms with van der Waals surface area (Å²) in [7, 11) is 3.06. The third-order valence-corrected chi connectivity index (χ3v) is 5.08. The molecule has 0 saturated heterocycles. The molecule has 1 heterocycles. The highest BCUT2D eigenvalue weighted by Gasteiger charge is 2.14. The molecule has 1 amide bonds. The zero-order chi connectivity index (χ0) is 24.1. The van der Waals surface area contributed by atoms with Gasteiger partial charge >= 0.3 is 0 Å². The van der Waals surface area contributed by atoms with E-state index in [2.05, 4.69) is 15.6 Å². The summed E-state index contributed by atoms with van der Waals surface area (Å²) >= 11 is 5.16. The minimum absolute atomic E-state index is 0.00655. The maximum Gasteiger partial charge on any atom is 0.257 e. The highest BCUT2D eigenvalue weighted by molar-refractivity contribution is 7.80. The standard InChI is InChI=1S/C25H20FN3O4S/c1-31-22-13-17-19(14-23(22)32-2)27-11-10-20(17)33-21-9-8-16(12-18(21)26)28-25(34)29-24(30)15-6-4-3-5-7-15/h3-14H,1-2H3,(H2,28,29,30,34). The third-order valence-electron chi connectivity index (χ3n) is 4.88. The summed E-state index contributed by atoms with van der Waals surface area (Å²) in [6.07, 6.45) is 1.56. The fourth-order valence-electron chi connectivity index (χ4n) is 3.24. The zero-order valence-electron chi connectivity index (χ0n) is 18.3. The first-order valence-electron chi connectivity index (χ1n) is 10.1. The van der Waals surface area contributed by atoms with Crippen LogP contribution >= 0.6 is 12.2 Å². The predicted molar refractivity (Wildman–Crippen MR) is 131 cm³/mol. The van der Waals surface area contributed by atoms with E-state index in [0.29, 0.717) is 39.4 Å². The summed E-state index contributed by atoms with van der Waals surface area (Å²) < 4.78 is 31.3. The molecule has 0 radical (unpaired) electrons. The van der Waals surface area contributed by atoms with Gasteiger partial charge in [0.1, 0.15) is 5.75 Å². The van der Waals surface area contributed by atoms with Crippen molar-refractivity contribution in [3.63, 3.8) is 0 Å². The minimum Gasteiger partial charge on any atom is -0.493 e. The SMILES string of the molecule is COc1cc2nccc(Oc3ccc(NC(=S)NC(=O)c4ccccc4)cc3F)c2cc1OC. The Labute approximate surface area is 200 Å². The zero-order valence-corrected chi connectivity index (χ0v) is 19.1. The monoisotopic (exact) mass is 477 g/mol. The number of hydrogen-bond donors (Lipinski definition) is 2. The van der Waals surface area contributed by atoms with Crippen molar-refractivity contribution < 1.29 is 23.4 Å². The van der Waals surface area contributed by atoms with Crippen molar-refractivity contribution in [1.29, 1.82) is 0 Å². The number of fused-ring (bicyclic) bond motifs is 1. The van der Waals surface area contributed by atoms with Crippen LogP contribution in [0.1, 0.15) is 10.4 Å². The number of pyridine rings is 1. The fraction of sp³-hybridized carbons (Fsp3) is 0.0800. The van der Waals surface area contributed by atoms with Crippen LogP contribution in [0.5, 0.6) is 23.0 Å². The Balaban J connectivity index is 1.50. The van der Waals surface area contributed by atoms with E-state index < -0.39 is 5.82 Å². The number of amides is 1. The molecule has 7 nitrogen and oxygen atoms in total. The highest BCUT2D eigenvalue weighted by atomic mass is 32.1. The average Bonchev–Trinajstić information content (AvgIpc) is 2.85. The van der Waals surface area contributed by atoms with Crippen LogP contribution in [0.15, 0.2) is 72.9 Å². The Morgan fingerprint density at radius 1 is 0.912 bits per heavy atom. The van der Waals surface area contributed by atoms with E-state index in [1.54, 1.807) is 54.7 Å². The number of halogens is 1. The molecule has 0 bridgehead atoms. The van der Waals surface area contributed by atoms with E-state index in [9.17, 15) is 9.18 Å². The molecule has 0 saturated carbocycles. The lowest BCUT2D eigenvalue weighted by atomic mass is 10.2. The smallest absolute Gasteiger partial charge is 0.257 e. The van der Waals surface area contributed by atoms with Crippen molar-refractivity contribution >= 4 is 39.8 Å². The Hall–Kier alpha value is -4.24. The van der Waals surface area contributed by atoms with Crippen LogP contribution in [0.2, 0.25) is 0 Å². The second-order valence-electron chi connectivity index (χ2n) is 7.05. The summed E-state index contributed by atoms with van der Waals surface area (Å²) in [6, 6.07) is 18.0. The summed E-state index contributed by atoms with van der Waals surface area (Å²) in [4.78, 5) is 16.5. The number of aromatic nitrogens is 1. The molecule has 4 rings (SSSR count). The van der Waals surface area contributed by atoms with Gasteiger partial charge in [0.25, 0.3) is 5.91 Å². The molecule has 4 aromatic rings. The van der Waals surface area contributed by atoms with Crippen molar-refractivity contribution in [3.8, 4) is 23.0 Å². The van der Waals surface area contributed by atoms with Crippen molar-refractivity contribution in [3.05, 3.63) is 84.3 Å². The molecular weight excluding hydrogens is 457 g/mol. The van der Waals surface area contributed by atoms with Crippen LogP contribution in [0.25, 0.3) is 10.9 Å². The molecular formula is C25H20FN3O4S. The number of carbonyl (C=O) groups excluding carboxylic acids is 1. The van der Waals surface area contributed by atoms with Crippen molar-refractivity contribution in [2.24, 2.45) is 0 Å². The van der Waals surface area contributed by atoms with Crippen LogP contribution in [-0.4, -0.2) is 30.2 Å². The summed E-state index contributed by atoms with van der Waals surface area (Å²) in [5, 5.41) is 6.03. The quantitative estimate of drug-likeness (QED) is 0.364. The average molecular weight is 478 g/mol. The predicted octanol–water partition coefficient (Wildman–Crippen LogP) is 5.31. The number of carbonyl (C=O) groups is 1. The van der Waals surface area contributed by atoms with E-state index in [4.69, 9.17) is 26.4 Å². The van der Waals surface area contributed by atoms with Crippen molar-refractivity contribution in [2.45, 2.75) is 0 Å². The molecule has 1 aromatic heterocycles. The van der Waals surface area contributed by atoms with Crippen LogP contribution in [-0.2, 0) is 0 Å². The number of nitrogens with one attached hydrogen (secondary N) is 2. The Bertz CT molecular complexity index is 1370. The number of methoxy groups -OCH3 is 2. The number of rotatable bonds is 6. The lowest BCUT2D eigenvalue weighted by Gasteiger charge is -2.14. The van der Waals surface area contributed by atoms with Gasteiger partial charge < -0.3 is 19.5 Å². The maximum atomic E-state index is 14.8. The number of benzene rings is 3. The molecule has 2 N–H and O–H groups in total. The molecule has 34 heavy (non-hydrogen) atoms. The normalized spacial score (nSPS) is 10.4. The molecule has 0 fully saturated rings. The van der Waals surface area contributed by atoms with Gasteiger partial charge in [0, 0.05) is 35.0 Å². The van der Waals surface area contributed by atoms with E-state index in [1.165, 1.54) is 26.4 Å². The first-order valence-corrected chi connectivity index (χ1v) is 10.5. The van der Waals surface area contributed by atoms with Crippen LogP contribution < -0.4 is 24.8 Å². The second-order valence-corrected chi connectivity index (χ2v) is 7.46. The van der Waals surface area contributed by atoms with Gasteiger partial charge in [0.05, 0.1) is 19.7 Å². The Morgan fingerprint density at radius 2 is 1.65 bits per heavy atom. The van der Waals surface area contributed by atoms with Crippen LogP contribution in [0.3, 0.4) is 0 Å². The number of hydrogen-bond acceptors (Lipinski definition) is 6. The first kappa shape index (κ1) is 22.9. The number of ether oxygens (including phenoxy) is 3.